The van der Waals surface area contributed by atoms with Gasteiger partial charge in [0.05, 0.1) is 25.0 Å². The summed E-state index contributed by atoms with van der Waals surface area (Å²) >= 11 is 0. The lowest BCUT2D eigenvalue weighted by Crippen LogP contribution is -2.38. The number of hydrogen-bond donors (Lipinski definition) is 0. The molecule has 0 unspecified atom stereocenters. The summed E-state index contributed by atoms with van der Waals surface area (Å²) in [5.74, 6) is 0.829. The van der Waals surface area contributed by atoms with Crippen LogP contribution in [0.1, 0.15) is 12.0 Å². The van der Waals surface area contributed by atoms with Gasteiger partial charge in [0.15, 0.2) is 9.84 Å². The fourth-order valence-electron chi connectivity index (χ4n) is 2.42. The molecule has 0 saturated carbocycles. The number of methoxy groups -OCH3 is 1. The van der Waals surface area contributed by atoms with Crippen LogP contribution in [0.5, 0.6) is 5.75 Å². The Hall–Kier alpha value is -1.56. The van der Waals surface area contributed by atoms with Gasteiger partial charge in [-0.25, -0.2) is 8.42 Å². The summed E-state index contributed by atoms with van der Waals surface area (Å²) in [7, 11) is 0.258. The molecule has 1 amide bonds. The third-order valence-electron chi connectivity index (χ3n) is 3.68. The van der Waals surface area contributed by atoms with Crippen molar-refractivity contribution in [3.05, 3.63) is 29.8 Å². The molecule has 1 aliphatic rings. The lowest BCUT2D eigenvalue weighted by atomic mass is 10.1. The Balaban J connectivity index is 2.05. The topological polar surface area (TPSA) is 63.7 Å². The smallest absolute Gasteiger partial charge is 0.227 e. The third-order valence-corrected chi connectivity index (χ3v) is 5.43. The van der Waals surface area contributed by atoms with Gasteiger partial charge in [0, 0.05) is 18.7 Å². The SMILES string of the molecule is COc1ccccc1CC(=O)N(C)[C@@H]1CCS(=O)(=O)C1. The maximum atomic E-state index is 12.3. The number of carbonyl (C=O) groups is 1. The highest BCUT2D eigenvalue weighted by Crippen LogP contribution is 2.21. The first-order chi connectivity index (χ1) is 9.43. The molecular formula is C14H19NO4S. The average molecular weight is 297 g/mol. The predicted molar refractivity (Wildman–Crippen MR) is 76.5 cm³/mol. The van der Waals surface area contributed by atoms with Crippen LogP contribution >= 0.6 is 0 Å². The van der Waals surface area contributed by atoms with Gasteiger partial charge >= 0.3 is 0 Å². The van der Waals surface area contributed by atoms with Crippen LogP contribution in [0, 0.1) is 0 Å². The minimum absolute atomic E-state index is 0.0706. The van der Waals surface area contributed by atoms with E-state index in [2.05, 4.69) is 0 Å². The molecular weight excluding hydrogens is 278 g/mol. The molecule has 6 heteroatoms. The van der Waals surface area contributed by atoms with E-state index in [4.69, 9.17) is 4.74 Å². The van der Waals surface area contributed by atoms with E-state index in [1.807, 2.05) is 24.3 Å². The second kappa shape index (κ2) is 5.83. The lowest BCUT2D eigenvalue weighted by molar-refractivity contribution is -0.130. The number of para-hydroxylation sites is 1. The van der Waals surface area contributed by atoms with Crippen molar-refractivity contribution in [3.63, 3.8) is 0 Å². The molecule has 2 rings (SSSR count). The fraction of sp³-hybridized carbons (Fsp3) is 0.500. The number of rotatable bonds is 4. The zero-order chi connectivity index (χ0) is 14.8. The molecule has 0 aliphatic carbocycles. The number of likely N-dealkylation sites (N-methyl/N-ethyl adjacent to an activating group) is 1. The maximum absolute atomic E-state index is 12.3. The zero-order valence-corrected chi connectivity index (χ0v) is 12.5. The van der Waals surface area contributed by atoms with Crippen molar-refractivity contribution in [2.45, 2.75) is 18.9 Å². The van der Waals surface area contributed by atoms with E-state index in [1.54, 1.807) is 19.1 Å². The van der Waals surface area contributed by atoms with Crippen LogP contribution in [0.15, 0.2) is 24.3 Å². The largest absolute Gasteiger partial charge is 0.496 e. The highest BCUT2D eigenvalue weighted by atomic mass is 32.2. The van der Waals surface area contributed by atoms with Gasteiger partial charge in [0.1, 0.15) is 5.75 Å². The summed E-state index contributed by atoms with van der Waals surface area (Å²) in [4.78, 5) is 13.8. The second-order valence-corrected chi connectivity index (χ2v) is 7.28. The normalized spacial score (nSPS) is 20.6. The molecule has 0 aromatic heterocycles. The van der Waals surface area contributed by atoms with Crippen molar-refractivity contribution in [3.8, 4) is 5.75 Å². The Morgan fingerprint density at radius 1 is 1.40 bits per heavy atom. The van der Waals surface area contributed by atoms with Gasteiger partial charge in [0.25, 0.3) is 0 Å². The number of carbonyl (C=O) groups excluding carboxylic acids is 1. The van der Waals surface area contributed by atoms with Crippen LogP contribution in [0.4, 0.5) is 0 Å². The monoisotopic (exact) mass is 297 g/mol. The van der Waals surface area contributed by atoms with Gasteiger partial charge in [-0.3, -0.25) is 4.79 Å². The van der Waals surface area contributed by atoms with Gasteiger partial charge in [-0.2, -0.15) is 0 Å². The Morgan fingerprint density at radius 3 is 2.70 bits per heavy atom. The highest BCUT2D eigenvalue weighted by molar-refractivity contribution is 7.91. The molecule has 0 radical (unpaired) electrons. The van der Waals surface area contributed by atoms with Gasteiger partial charge < -0.3 is 9.64 Å². The molecule has 0 N–H and O–H groups in total. The first-order valence-electron chi connectivity index (χ1n) is 6.51. The van der Waals surface area contributed by atoms with Crippen LogP contribution < -0.4 is 4.74 Å². The van der Waals surface area contributed by atoms with E-state index in [9.17, 15) is 13.2 Å². The molecule has 1 aliphatic heterocycles. The molecule has 20 heavy (non-hydrogen) atoms. The quantitative estimate of drug-likeness (QED) is 0.828. The van der Waals surface area contributed by atoms with E-state index in [0.717, 1.165) is 5.56 Å². The first-order valence-corrected chi connectivity index (χ1v) is 8.33. The number of benzene rings is 1. The number of nitrogens with zero attached hydrogens (tertiary/aromatic N) is 1. The molecule has 1 aromatic rings. The third kappa shape index (κ3) is 3.30. The Morgan fingerprint density at radius 2 is 2.10 bits per heavy atom. The summed E-state index contributed by atoms with van der Waals surface area (Å²) < 4.78 is 28.2. The van der Waals surface area contributed by atoms with Crippen LogP contribution in [-0.2, 0) is 21.1 Å². The molecule has 1 saturated heterocycles. The number of sulfone groups is 1. The minimum atomic E-state index is -2.98. The standard InChI is InChI=1S/C14H19NO4S/c1-15(12-7-8-20(17,18)10-12)14(16)9-11-5-3-4-6-13(11)19-2/h3-6,12H,7-10H2,1-2H3/t12-/m1/s1. The molecule has 5 nitrogen and oxygen atoms in total. The molecule has 1 fully saturated rings. The van der Waals surface area contributed by atoms with Crippen molar-refractivity contribution < 1.29 is 17.9 Å². The van der Waals surface area contributed by atoms with Crippen molar-refractivity contribution in [1.82, 2.24) is 4.90 Å². The molecule has 0 bridgehead atoms. The molecule has 0 spiro atoms. The summed E-state index contributed by atoms with van der Waals surface area (Å²) in [5.41, 5.74) is 0.813. The molecule has 110 valence electrons. The molecule has 1 aromatic carbocycles. The van der Waals surface area contributed by atoms with E-state index in [0.29, 0.717) is 12.2 Å². The summed E-state index contributed by atoms with van der Waals surface area (Å²) in [5, 5.41) is 0. The Kier molecular flexibility index (Phi) is 4.32. The fourth-order valence-corrected chi connectivity index (χ4v) is 4.20. The van der Waals surface area contributed by atoms with Crippen LogP contribution in [0.25, 0.3) is 0 Å². The van der Waals surface area contributed by atoms with Crippen molar-refractivity contribution in [2.75, 3.05) is 25.7 Å². The van der Waals surface area contributed by atoms with Crippen molar-refractivity contribution in [1.29, 1.82) is 0 Å². The highest BCUT2D eigenvalue weighted by Gasteiger charge is 2.32. The lowest BCUT2D eigenvalue weighted by Gasteiger charge is -2.23. The predicted octanol–water partition coefficient (Wildman–Crippen LogP) is 0.883. The van der Waals surface area contributed by atoms with E-state index in [-0.39, 0.29) is 29.9 Å². The summed E-state index contributed by atoms with van der Waals surface area (Å²) in [6.07, 6.45) is 0.744. The number of hydrogen-bond acceptors (Lipinski definition) is 4. The molecule has 1 heterocycles. The average Bonchev–Trinajstić information content (AvgIpc) is 2.78. The first kappa shape index (κ1) is 14.8. The van der Waals surface area contributed by atoms with Gasteiger partial charge in [-0.15, -0.1) is 0 Å². The Bertz CT molecular complexity index is 597. The van der Waals surface area contributed by atoms with Gasteiger partial charge in [-0.05, 0) is 12.5 Å². The second-order valence-electron chi connectivity index (χ2n) is 5.05. The van der Waals surface area contributed by atoms with Crippen molar-refractivity contribution in [2.24, 2.45) is 0 Å². The Labute approximate surface area is 119 Å². The van der Waals surface area contributed by atoms with Crippen LogP contribution in [0.2, 0.25) is 0 Å². The summed E-state index contributed by atoms with van der Waals surface area (Å²) in [6.45, 7) is 0. The minimum Gasteiger partial charge on any atom is -0.496 e. The maximum Gasteiger partial charge on any atom is 0.227 e. The number of ether oxygens (including phenoxy) is 1. The van der Waals surface area contributed by atoms with E-state index in [1.165, 1.54) is 0 Å². The number of amides is 1. The van der Waals surface area contributed by atoms with Gasteiger partial charge in [-0.1, -0.05) is 18.2 Å². The molecule has 1 atom stereocenters. The zero-order valence-electron chi connectivity index (χ0n) is 11.7. The van der Waals surface area contributed by atoms with Gasteiger partial charge in [0.2, 0.25) is 5.91 Å². The summed E-state index contributed by atoms with van der Waals surface area (Å²) in [6, 6.07) is 7.14. The van der Waals surface area contributed by atoms with E-state index >= 15 is 0 Å². The van der Waals surface area contributed by atoms with Crippen LogP contribution in [0.3, 0.4) is 0 Å². The van der Waals surface area contributed by atoms with E-state index < -0.39 is 9.84 Å². The van der Waals surface area contributed by atoms with Crippen LogP contribution in [-0.4, -0.2) is 50.9 Å². The van der Waals surface area contributed by atoms with Crippen molar-refractivity contribution >= 4 is 15.7 Å².